The second kappa shape index (κ2) is 6.19. The van der Waals surface area contributed by atoms with Crippen molar-refractivity contribution < 1.29 is 8.42 Å². The van der Waals surface area contributed by atoms with Gasteiger partial charge in [-0.05, 0) is 53.8 Å². The third-order valence-corrected chi connectivity index (χ3v) is 5.66. The maximum atomic E-state index is 12.8. The van der Waals surface area contributed by atoms with Crippen LogP contribution in [-0.4, -0.2) is 12.8 Å². The molecule has 3 aromatic rings. The maximum Gasteiger partial charge on any atom is 0.263 e. The Kier molecular flexibility index (Phi) is 4.29. The van der Waals surface area contributed by atoms with Crippen molar-refractivity contribution >= 4 is 21.4 Å². The highest BCUT2D eigenvalue weighted by Gasteiger charge is 2.19. The van der Waals surface area contributed by atoms with E-state index in [2.05, 4.69) is 31.6 Å². The number of benzene rings is 1. The number of anilines is 1. The van der Waals surface area contributed by atoms with Gasteiger partial charge in [0.2, 0.25) is 0 Å². The van der Waals surface area contributed by atoms with Gasteiger partial charge in [0.05, 0.1) is 16.0 Å². The number of aromatic nitrogens is 1. The molecule has 0 aliphatic carbocycles. The quantitative estimate of drug-likeness (QED) is 0.753. The molecule has 6 heteroatoms. The number of nitrogens with zero attached hydrogens (tertiary/aromatic N) is 2. The van der Waals surface area contributed by atoms with Crippen molar-refractivity contribution in [3.8, 4) is 6.07 Å². The standard InChI is InChI=1S/C20H21N3O2S/c1-14-11-18-15(12-21)5-10-19(23(18)13-14)22-26(24,25)17-8-6-16(7-9-17)20(2,3)4/h5-11,13,22H,1-4H3. The Bertz CT molecular complexity index is 1110. The highest BCUT2D eigenvalue weighted by Crippen LogP contribution is 2.25. The lowest BCUT2D eigenvalue weighted by molar-refractivity contribution is 0.587. The first-order valence-corrected chi connectivity index (χ1v) is 9.75. The average Bonchev–Trinajstić information content (AvgIpc) is 2.96. The van der Waals surface area contributed by atoms with E-state index in [1.54, 1.807) is 34.9 Å². The molecule has 134 valence electrons. The van der Waals surface area contributed by atoms with Crippen LogP contribution < -0.4 is 4.72 Å². The van der Waals surface area contributed by atoms with Crippen LogP contribution >= 0.6 is 0 Å². The number of hydrogen-bond acceptors (Lipinski definition) is 3. The molecular weight excluding hydrogens is 346 g/mol. The van der Waals surface area contributed by atoms with E-state index in [0.717, 1.165) is 11.1 Å². The molecule has 0 atom stereocenters. The molecule has 0 aliphatic heterocycles. The van der Waals surface area contributed by atoms with Crippen LogP contribution in [-0.2, 0) is 15.4 Å². The fourth-order valence-electron chi connectivity index (χ4n) is 2.84. The van der Waals surface area contributed by atoms with Crippen LogP contribution in [0.1, 0.15) is 37.5 Å². The lowest BCUT2D eigenvalue weighted by atomic mass is 9.87. The molecule has 0 spiro atoms. The molecule has 3 rings (SSSR count). The van der Waals surface area contributed by atoms with Gasteiger partial charge in [-0.1, -0.05) is 32.9 Å². The number of nitriles is 1. The first-order chi connectivity index (χ1) is 12.1. The molecule has 0 radical (unpaired) electrons. The highest BCUT2D eigenvalue weighted by molar-refractivity contribution is 7.92. The fraction of sp³-hybridized carbons (Fsp3) is 0.250. The number of sulfonamides is 1. The molecule has 0 amide bonds. The Labute approximate surface area is 153 Å². The zero-order chi connectivity index (χ0) is 19.1. The van der Waals surface area contributed by atoms with E-state index < -0.39 is 10.0 Å². The molecule has 1 aromatic carbocycles. The predicted molar refractivity (Wildman–Crippen MR) is 103 cm³/mol. The van der Waals surface area contributed by atoms with Gasteiger partial charge in [0.1, 0.15) is 11.9 Å². The lowest BCUT2D eigenvalue weighted by Gasteiger charge is -2.19. The van der Waals surface area contributed by atoms with Gasteiger partial charge in [-0.2, -0.15) is 5.26 Å². The summed E-state index contributed by atoms with van der Waals surface area (Å²) in [6, 6.07) is 14.1. The predicted octanol–water partition coefficient (Wildman–Crippen LogP) is 4.22. The van der Waals surface area contributed by atoms with E-state index in [1.165, 1.54) is 0 Å². The maximum absolute atomic E-state index is 12.8. The molecule has 2 aromatic heterocycles. The average molecular weight is 367 g/mol. The van der Waals surface area contributed by atoms with Gasteiger partial charge in [-0.25, -0.2) is 8.42 Å². The summed E-state index contributed by atoms with van der Waals surface area (Å²) in [5, 5.41) is 9.24. The summed E-state index contributed by atoms with van der Waals surface area (Å²) >= 11 is 0. The first-order valence-electron chi connectivity index (χ1n) is 8.27. The summed E-state index contributed by atoms with van der Waals surface area (Å²) < 4.78 is 29.9. The van der Waals surface area contributed by atoms with Crippen LogP contribution in [0.4, 0.5) is 5.82 Å². The van der Waals surface area contributed by atoms with E-state index >= 15 is 0 Å². The van der Waals surface area contributed by atoms with E-state index in [1.807, 2.05) is 25.1 Å². The second-order valence-electron chi connectivity index (χ2n) is 7.40. The SMILES string of the molecule is Cc1cc2c(C#N)ccc(NS(=O)(=O)c3ccc(C(C)(C)C)cc3)n2c1. The van der Waals surface area contributed by atoms with Gasteiger partial charge in [0.25, 0.3) is 10.0 Å². The molecule has 0 bridgehead atoms. The van der Waals surface area contributed by atoms with Crippen molar-refractivity contribution in [3.05, 3.63) is 65.4 Å². The molecule has 1 N–H and O–H groups in total. The van der Waals surface area contributed by atoms with Gasteiger partial charge in [0.15, 0.2) is 0 Å². The summed E-state index contributed by atoms with van der Waals surface area (Å²) in [6.07, 6.45) is 1.80. The molecule has 0 fully saturated rings. The first kappa shape index (κ1) is 18.0. The van der Waals surface area contributed by atoms with E-state index in [9.17, 15) is 13.7 Å². The number of aryl methyl sites for hydroxylation is 1. The van der Waals surface area contributed by atoms with Crippen LogP contribution in [0, 0.1) is 18.3 Å². The molecular formula is C20H21N3O2S. The molecule has 0 unspecified atom stereocenters. The zero-order valence-electron chi connectivity index (χ0n) is 15.2. The highest BCUT2D eigenvalue weighted by atomic mass is 32.2. The van der Waals surface area contributed by atoms with Crippen molar-refractivity contribution in [1.29, 1.82) is 5.26 Å². The monoisotopic (exact) mass is 367 g/mol. The Morgan fingerprint density at radius 1 is 1.08 bits per heavy atom. The van der Waals surface area contributed by atoms with Crippen molar-refractivity contribution in [3.63, 3.8) is 0 Å². The third-order valence-electron chi connectivity index (χ3n) is 4.29. The van der Waals surface area contributed by atoms with Crippen LogP contribution in [0.25, 0.3) is 5.52 Å². The van der Waals surface area contributed by atoms with Crippen LogP contribution in [0.15, 0.2) is 53.6 Å². The van der Waals surface area contributed by atoms with E-state index in [4.69, 9.17) is 0 Å². The number of pyridine rings is 1. The second-order valence-corrected chi connectivity index (χ2v) is 9.08. The summed E-state index contributed by atoms with van der Waals surface area (Å²) in [4.78, 5) is 0.201. The third kappa shape index (κ3) is 3.31. The summed E-state index contributed by atoms with van der Waals surface area (Å²) in [6.45, 7) is 8.14. The summed E-state index contributed by atoms with van der Waals surface area (Å²) in [7, 11) is -3.73. The topological polar surface area (TPSA) is 74.4 Å². The minimum atomic E-state index is -3.73. The van der Waals surface area contributed by atoms with Crippen molar-refractivity contribution in [2.45, 2.75) is 38.0 Å². The van der Waals surface area contributed by atoms with Gasteiger partial charge in [-0.15, -0.1) is 0 Å². The van der Waals surface area contributed by atoms with Gasteiger partial charge in [-0.3, -0.25) is 4.72 Å². The van der Waals surface area contributed by atoms with Gasteiger partial charge < -0.3 is 4.40 Å². The Balaban J connectivity index is 2.01. The van der Waals surface area contributed by atoms with Gasteiger partial charge in [0, 0.05) is 6.20 Å². The Hall–Kier alpha value is -2.78. The number of nitrogens with one attached hydrogen (secondary N) is 1. The Morgan fingerprint density at radius 3 is 2.31 bits per heavy atom. The van der Waals surface area contributed by atoms with Crippen molar-refractivity contribution in [2.24, 2.45) is 0 Å². The van der Waals surface area contributed by atoms with Crippen LogP contribution in [0.2, 0.25) is 0 Å². The normalized spacial score (nSPS) is 12.1. The smallest absolute Gasteiger partial charge is 0.263 e. The molecule has 0 saturated heterocycles. The zero-order valence-corrected chi connectivity index (χ0v) is 16.1. The largest absolute Gasteiger partial charge is 0.301 e. The number of rotatable bonds is 3. The summed E-state index contributed by atoms with van der Waals surface area (Å²) in [5.41, 5.74) is 3.14. The lowest BCUT2D eigenvalue weighted by Crippen LogP contribution is -2.16. The van der Waals surface area contributed by atoms with Crippen LogP contribution in [0.5, 0.6) is 0 Å². The Morgan fingerprint density at radius 2 is 1.73 bits per heavy atom. The van der Waals surface area contributed by atoms with E-state index in [-0.39, 0.29) is 10.3 Å². The molecule has 0 saturated carbocycles. The molecule has 26 heavy (non-hydrogen) atoms. The number of fused-ring (bicyclic) bond motifs is 1. The molecule has 2 heterocycles. The van der Waals surface area contributed by atoms with Crippen molar-refractivity contribution in [1.82, 2.24) is 4.40 Å². The molecule has 0 aliphatic rings. The van der Waals surface area contributed by atoms with E-state index in [0.29, 0.717) is 16.9 Å². The fourth-order valence-corrected chi connectivity index (χ4v) is 3.89. The van der Waals surface area contributed by atoms with Crippen molar-refractivity contribution in [2.75, 3.05) is 4.72 Å². The number of hydrogen-bond donors (Lipinski definition) is 1. The minimum Gasteiger partial charge on any atom is -0.301 e. The summed E-state index contributed by atoms with van der Waals surface area (Å²) in [5.74, 6) is 0.395. The van der Waals surface area contributed by atoms with Crippen LogP contribution in [0.3, 0.4) is 0 Å². The van der Waals surface area contributed by atoms with Gasteiger partial charge >= 0.3 is 0 Å². The minimum absolute atomic E-state index is 0.0440. The molecule has 5 nitrogen and oxygen atoms in total.